The number of ether oxygens (including phenoxy) is 1. The van der Waals surface area contributed by atoms with Crippen LogP contribution in [0.15, 0.2) is 59.9 Å². The molecule has 0 aliphatic heterocycles. The van der Waals surface area contributed by atoms with E-state index in [1.54, 1.807) is 19.5 Å². The number of thioether (sulfide) groups is 1. The number of amides is 1. The zero-order valence-electron chi connectivity index (χ0n) is 14.5. The lowest BCUT2D eigenvalue weighted by Crippen LogP contribution is -2.15. The fourth-order valence-electron chi connectivity index (χ4n) is 2.32. The van der Waals surface area contributed by atoms with Gasteiger partial charge in [-0.3, -0.25) is 9.78 Å². The Balaban J connectivity index is 1.59. The number of aryl methyl sites for hydroxylation is 1. The van der Waals surface area contributed by atoms with Crippen LogP contribution >= 0.6 is 11.8 Å². The molecule has 0 spiro atoms. The summed E-state index contributed by atoms with van der Waals surface area (Å²) in [5, 5.41) is 11.9. The van der Waals surface area contributed by atoms with E-state index in [9.17, 15) is 4.79 Å². The quantitative estimate of drug-likeness (QED) is 0.672. The first-order valence-corrected chi connectivity index (χ1v) is 8.95. The van der Waals surface area contributed by atoms with Crippen LogP contribution in [-0.2, 0) is 4.79 Å². The van der Waals surface area contributed by atoms with Crippen LogP contribution in [0.2, 0.25) is 0 Å². The Kier molecular flexibility index (Phi) is 5.80. The van der Waals surface area contributed by atoms with Gasteiger partial charge in [0.15, 0.2) is 0 Å². The van der Waals surface area contributed by atoms with Crippen molar-refractivity contribution in [3.05, 3.63) is 60.4 Å². The van der Waals surface area contributed by atoms with Crippen LogP contribution in [0.4, 0.5) is 5.69 Å². The van der Waals surface area contributed by atoms with Gasteiger partial charge in [-0.15, -0.1) is 10.2 Å². The summed E-state index contributed by atoms with van der Waals surface area (Å²) in [6.45, 7) is 1.96. The van der Waals surface area contributed by atoms with Crippen molar-refractivity contribution in [3.8, 4) is 17.0 Å². The second-order valence-corrected chi connectivity index (χ2v) is 6.53. The largest absolute Gasteiger partial charge is 0.495 e. The molecule has 0 saturated heterocycles. The van der Waals surface area contributed by atoms with Gasteiger partial charge in [0.05, 0.1) is 24.2 Å². The van der Waals surface area contributed by atoms with Crippen molar-refractivity contribution in [2.24, 2.45) is 0 Å². The molecular formula is C19H18N4O2S. The molecule has 1 N–H and O–H groups in total. The maximum atomic E-state index is 12.2. The molecule has 0 saturated carbocycles. The molecule has 0 bridgehead atoms. The van der Waals surface area contributed by atoms with E-state index in [0.717, 1.165) is 16.8 Å². The molecule has 3 aromatic rings. The van der Waals surface area contributed by atoms with Crippen molar-refractivity contribution < 1.29 is 9.53 Å². The van der Waals surface area contributed by atoms with Gasteiger partial charge in [-0.25, -0.2) is 0 Å². The Morgan fingerprint density at radius 2 is 1.92 bits per heavy atom. The molecule has 0 aliphatic rings. The number of aromatic nitrogens is 3. The SMILES string of the molecule is COc1ccc(C)cc1NC(=O)CSc1ccc(-c2ccncc2)nn1. The number of nitrogens with one attached hydrogen (secondary N) is 1. The van der Waals surface area contributed by atoms with Crippen molar-refractivity contribution in [2.45, 2.75) is 11.9 Å². The minimum atomic E-state index is -0.126. The molecule has 3 rings (SSSR count). The van der Waals surface area contributed by atoms with Gasteiger partial charge < -0.3 is 10.1 Å². The summed E-state index contributed by atoms with van der Waals surface area (Å²) in [6, 6.07) is 13.1. The summed E-state index contributed by atoms with van der Waals surface area (Å²) in [4.78, 5) is 16.2. The van der Waals surface area contributed by atoms with E-state index < -0.39 is 0 Å². The predicted molar refractivity (Wildman–Crippen MR) is 102 cm³/mol. The molecule has 2 heterocycles. The molecule has 2 aromatic heterocycles. The Labute approximate surface area is 156 Å². The van der Waals surface area contributed by atoms with Crippen LogP contribution < -0.4 is 10.1 Å². The molecular weight excluding hydrogens is 348 g/mol. The van der Waals surface area contributed by atoms with Gasteiger partial charge in [0.2, 0.25) is 5.91 Å². The molecule has 0 fully saturated rings. The smallest absolute Gasteiger partial charge is 0.234 e. The summed E-state index contributed by atoms with van der Waals surface area (Å²) >= 11 is 1.33. The van der Waals surface area contributed by atoms with E-state index in [4.69, 9.17) is 4.74 Å². The number of rotatable bonds is 6. The number of carbonyl (C=O) groups is 1. The zero-order valence-corrected chi connectivity index (χ0v) is 15.3. The Morgan fingerprint density at radius 1 is 1.12 bits per heavy atom. The molecule has 1 amide bonds. The third-order valence-electron chi connectivity index (χ3n) is 3.60. The predicted octanol–water partition coefficient (Wildman–Crippen LogP) is 3.59. The summed E-state index contributed by atoms with van der Waals surface area (Å²) in [6.07, 6.45) is 3.42. The van der Waals surface area contributed by atoms with Gasteiger partial charge in [0.25, 0.3) is 0 Å². The molecule has 0 aliphatic carbocycles. The minimum absolute atomic E-state index is 0.126. The number of anilines is 1. The highest BCUT2D eigenvalue weighted by Crippen LogP contribution is 2.26. The number of benzene rings is 1. The van der Waals surface area contributed by atoms with Crippen LogP contribution in [0.3, 0.4) is 0 Å². The van der Waals surface area contributed by atoms with Crippen LogP contribution in [0.5, 0.6) is 5.75 Å². The average Bonchev–Trinajstić information content (AvgIpc) is 2.68. The highest BCUT2D eigenvalue weighted by molar-refractivity contribution is 7.99. The van der Waals surface area contributed by atoms with E-state index in [1.165, 1.54) is 11.8 Å². The Hall–Kier alpha value is -2.93. The van der Waals surface area contributed by atoms with Gasteiger partial charge >= 0.3 is 0 Å². The highest BCUT2D eigenvalue weighted by Gasteiger charge is 2.09. The van der Waals surface area contributed by atoms with Crippen molar-refractivity contribution in [1.82, 2.24) is 15.2 Å². The minimum Gasteiger partial charge on any atom is -0.495 e. The van der Waals surface area contributed by atoms with Crippen molar-refractivity contribution >= 4 is 23.4 Å². The first-order chi connectivity index (χ1) is 12.7. The number of pyridine rings is 1. The van der Waals surface area contributed by atoms with Crippen molar-refractivity contribution in [1.29, 1.82) is 0 Å². The first-order valence-electron chi connectivity index (χ1n) is 7.97. The number of nitrogens with zero attached hydrogens (tertiary/aromatic N) is 3. The summed E-state index contributed by atoms with van der Waals surface area (Å²) < 4.78 is 5.27. The number of carbonyl (C=O) groups excluding carboxylic acids is 1. The van der Waals surface area contributed by atoms with Gasteiger partial charge in [-0.2, -0.15) is 0 Å². The van der Waals surface area contributed by atoms with Gasteiger partial charge in [-0.1, -0.05) is 17.8 Å². The average molecular weight is 366 g/mol. The van der Waals surface area contributed by atoms with Crippen molar-refractivity contribution in [3.63, 3.8) is 0 Å². The van der Waals surface area contributed by atoms with Crippen LogP contribution in [0, 0.1) is 6.92 Å². The maximum Gasteiger partial charge on any atom is 0.234 e. The third-order valence-corrected chi connectivity index (χ3v) is 4.52. The Morgan fingerprint density at radius 3 is 2.62 bits per heavy atom. The van der Waals surface area contributed by atoms with Crippen LogP contribution in [0.1, 0.15) is 5.56 Å². The second kappa shape index (κ2) is 8.44. The van der Waals surface area contributed by atoms with E-state index in [2.05, 4.69) is 20.5 Å². The molecule has 1 aromatic carbocycles. The number of hydrogen-bond donors (Lipinski definition) is 1. The summed E-state index contributed by atoms with van der Waals surface area (Å²) in [5.74, 6) is 0.745. The molecule has 0 radical (unpaired) electrons. The molecule has 6 nitrogen and oxygen atoms in total. The van der Waals surface area contributed by atoms with Gasteiger partial charge in [0, 0.05) is 18.0 Å². The first kappa shape index (κ1) is 17.9. The van der Waals surface area contributed by atoms with Gasteiger partial charge in [-0.05, 0) is 48.9 Å². The summed E-state index contributed by atoms with van der Waals surface area (Å²) in [5.41, 5.74) is 3.43. The van der Waals surface area contributed by atoms with E-state index in [-0.39, 0.29) is 11.7 Å². The molecule has 132 valence electrons. The topological polar surface area (TPSA) is 77.0 Å². The van der Waals surface area contributed by atoms with Crippen molar-refractivity contribution in [2.75, 3.05) is 18.2 Å². The second-order valence-electron chi connectivity index (χ2n) is 5.53. The molecule has 0 atom stereocenters. The number of hydrogen-bond acceptors (Lipinski definition) is 6. The number of methoxy groups -OCH3 is 1. The molecule has 0 unspecified atom stereocenters. The van der Waals surface area contributed by atoms with E-state index in [0.29, 0.717) is 16.5 Å². The van der Waals surface area contributed by atoms with E-state index >= 15 is 0 Å². The van der Waals surface area contributed by atoms with Crippen LogP contribution in [0.25, 0.3) is 11.3 Å². The lowest BCUT2D eigenvalue weighted by Gasteiger charge is -2.10. The highest BCUT2D eigenvalue weighted by atomic mass is 32.2. The van der Waals surface area contributed by atoms with E-state index in [1.807, 2.05) is 49.4 Å². The fourth-order valence-corrected chi connectivity index (χ4v) is 2.93. The standard InChI is InChI=1S/C19H18N4O2S/c1-13-3-5-17(25-2)16(11-13)21-18(24)12-26-19-6-4-15(22-23-19)14-7-9-20-10-8-14/h3-11H,12H2,1-2H3,(H,21,24). The van der Waals surface area contributed by atoms with Crippen LogP contribution in [-0.4, -0.2) is 34.0 Å². The molecule has 26 heavy (non-hydrogen) atoms. The third kappa shape index (κ3) is 4.58. The maximum absolute atomic E-state index is 12.2. The monoisotopic (exact) mass is 366 g/mol. The lowest BCUT2D eigenvalue weighted by atomic mass is 10.2. The Bertz CT molecular complexity index is 886. The summed E-state index contributed by atoms with van der Waals surface area (Å²) in [7, 11) is 1.58. The molecule has 7 heteroatoms. The van der Waals surface area contributed by atoms with Gasteiger partial charge in [0.1, 0.15) is 10.8 Å². The normalized spacial score (nSPS) is 10.4. The fraction of sp³-hybridized carbons (Fsp3) is 0.158. The lowest BCUT2D eigenvalue weighted by molar-refractivity contribution is -0.113. The zero-order chi connectivity index (χ0) is 18.4.